The number of fused-ring (bicyclic) bond motifs is 1. The number of benzene rings is 2. The highest BCUT2D eigenvalue weighted by atomic mass is 19.1. The second-order valence-corrected chi connectivity index (χ2v) is 4.92. The third kappa shape index (κ3) is 2.78. The summed E-state index contributed by atoms with van der Waals surface area (Å²) in [7, 11) is 0. The molecule has 2 aromatic rings. The van der Waals surface area contributed by atoms with Crippen LogP contribution < -0.4 is 19.9 Å². The molecule has 0 aromatic heterocycles. The molecule has 0 unspecified atom stereocenters. The number of hydrogen-bond donors (Lipinski definition) is 1. The Kier molecular flexibility index (Phi) is 3.66. The lowest BCUT2D eigenvalue weighted by Crippen LogP contribution is -2.10. The average molecular weight is 289 g/mol. The molecular weight excluding hydrogens is 273 g/mol. The summed E-state index contributed by atoms with van der Waals surface area (Å²) in [5.41, 5.74) is 7.10. The van der Waals surface area contributed by atoms with Gasteiger partial charge in [0.05, 0.1) is 0 Å². The van der Waals surface area contributed by atoms with Crippen LogP contribution in [0.5, 0.6) is 17.2 Å². The Morgan fingerprint density at radius 1 is 1.24 bits per heavy atom. The van der Waals surface area contributed by atoms with E-state index >= 15 is 0 Å². The van der Waals surface area contributed by atoms with Gasteiger partial charge in [-0.3, -0.25) is 0 Å². The molecule has 0 aliphatic carbocycles. The van der Waals surface area contributed by atoms with E-state index in [0.29, 0.717) is 23.7 Å². The van der Waals surface area contributed by atoms with Crippen molar-refractivity contribution in [1.29, 1.82) is 0 Å². The van der Waals surface area contributed by atoms with Crippen molar-refractivity contribution in [3.63, 3.8) is 0 Å². The van der Waals surface area contributed by atoms with Crippen LogP contribution in [0.3, 0.4) is 0 Å². The zero-order chi connectivity index (χ0) is 14.8. The molecule has 4 nitrogen and oxygen atoms in total. The first-order valence-corrected chi connectivity index (χ1v) is 6.70. The van der Waals surface area contributed by atoms with Crippen molar-refractivity contribution < 1.29 is 18.6 Å². The van der Waals surface area contributed by atoms with Crippen LogP contribution >= 0.6 is 0 Å². The first-order chi connectivity index (χ1) is 10.1. The number of hydrogen-bond acceptors (Lipinski definition) is 4. The van der Waals surface area contributed by atoms with Gasteiger partial charge in [-0.15, -0.1) is 0 Å². The van der Waals surface area contributed by atoms with Crippen LogP contribution in [0.25, 0.3) is 0 Å². The van der Waals surface area contributed by atoms with Gasteiger partial charge in [0.1, 0.15) is 18.2 Å². The maximum Gasteiger partial charge on any atom is 0.231 e. The van der Waals surface area contributed by atoms with E-state index in [1.165, 1.54) is 6.07 Å². The molecule has 3 rings (SSSR count). The number of halogens is 1. The van der Waals surface area contributed by atoms with E-state index in [0.717, 1.165) is 11.3 Å². The van der Waals surface area contributed by atoms with E-state index in [9.17, 15) is 4.39 Å². The fourth-order valence-electron chi connectivity index (χ4n) is 2.28. The van der Waals surface area contributed by atoms with Gasteiger partial charge >= 0.3 is 0 Å². The van der Waals surface area contributed by atoms with E-state index in [4.69, 9.17) is 19.9 Å². The Morgan fingerprint density at radius 3 is 2.86 bits per heavy atom. The van der Waals surface area contributed by atoms with Crippen molar-refractivity contribution in [2.45, 2.75) is 19.6 Å². The summed E-state index contributed by atoms with van der Waals surface area (Å²) in [6, 6.07) is 9.85. The molecule has 0 amide bonds. The summed E-state index contributed by atoms with van der Waals surface area (Å²) < 4.78 is 30.1. The summed E-state index contributed by atoms with van der Waals surface area (Å²) in [4.78, 5) is 0. The van der Waals surface area contributed by atoms with Gasteiger partial charge in [0.25, 0.3) is 0 Å². The monoisotopic (exact) mass is 289 g/mol. The van der Waals surface area contributed by atoms with E-state index in [2.05, 4.69) is 0 Å². The molecule has 0 spiro atoms. The standard InChI is InChI=1S/C16H16FNO3/c1-10(18)16-12(17)3-2-4-14(16)19-8-11-5-6-13-15(7-11)21-9-20-13/h2-7,10H,8-9,18H2,1H3/t10-/m1/s1. The van der Waals surface area contributed by atoms with E-state index in [1.54, 1.807) is 19.1 Å². The van der Waals surface area contributed by atoms with Crippen molar-refractivity contribution >= 4 is 0 Å². The molecule has 1 atom stereocenters. The second-order valence-electron chi connectivity index (χ2n) is 4.92. The molecule has 0 radical (unpaired) electrons. The molecule has 0 bridgehead atoms. The molecule has 1 aliphatic heterocycles. The van der Waals surface area contributed by atoms with Crippen LogP contribution in [0.4, 0.5) is 4.39 Å². The smallest absolute Gasteiger partial charge is 0.231 e. The Labute approximate surface area is 122 Å². The largest absolute Gasteiger partial charge is 0.488 e. The zero-order valence-corrected chi connectivity index (χ0v) is 11.6. The molecule has 0 fully saturated rings. The van der Waals surface area contributed by atoms with Crippen molar-refractivity contribution in [3.8, 4) is 17.2 Å². The molecule has 0 saturated heterocycles. The van der Waals surface area contributed by atoms with E-state index in [-0.39, 0.29) is 12.6 Å². The number of rotatable bonds is 4. The third-order valence-corrected chi connectivity index (χ3v) is 3.30. The predicted molar refractivity (Wildman–Crippen MR) is 75.9 cm³/mol. The Morgan fingerprint density at radius 2 is 2.05 bits per heavy atom. The van der Waals surface area contributed by atoms with Gasteiger partial charge in [0, 0.05) is 11.6 Å². The van der Waals surface area contributed by atoms with Crippen LogP contribution in [0, 0.1) is 5.82 Å². The lowest BCUT2D eigenvalue weighted by atomic mass is 10.1. The Balaban J connectivity index is 1.78. The van der Waals surface area contributed by atoms with Crippen LogP contribution in [0.2, 0.25) is 0 Å². The van der Waals surface area contributed by atoms with Gasteiger partial charge in [-0.1, -0.05) is 12.1 Å². The SMILES string of the molecule is C[C@@H](N)c1c(F)cccc1OCc1ccc2c(c1)OCO2. The van der Waals surface area contributed by atoms with Crippen LogP contribution in [-0.4, -0.2) is 6.79 Å². The number of ether oxygens (including phenoxy) is 3. The van der Waals surface area contributed by atoms with Crippen LogP contribution in [-0.2, 0) is 6.61 Å². The topological polar surface area (TPSA) is 53.7 Å². The van der Waals surface area contributed by atoms with Gasteiger partial charge in [0.2, 0.25) is 6.79 Å². The summed E-state index contributed by atoms with van der Waals surface area (Å²) in [6.45, 7) is 2.27. The van der Waals surface area contributed by atoms with Gasteiger partial charge in [-0.25, -0.2) is 4.39 Å². The second kappa shape index (κ2) is 5.61. The zero-order valence-electron chi connectivity index (χ0n) is 11.6. The highest BCUT2D eigenvalue weighted by molar-refractivity contribution is 5.44. The van der Waals surface area contributed by atoms with Crippen molar-refractivity contribution in [1.82, 2.24) is 0 Å². The van der Waals surface area contributed by atoms with Crippen molar-refractivity contribution in [3.05, 3.63) is 53.3 Å². The molecule has 21 heavy (non-hydrogen) atoms. The fourth-order valence-corrected chi connectivity index (χ4v) is 2.28. The molecule has 5 heteroatoms. The third-order valence-electron chi connectivity index (χ3n) is 3.30. The van der Waals surface area contributed by atoms with Crippen molar-refractivity contribution in [2.75, 3.05) is 6.79 Å². The molecule has 0 saturated carbocycles. The quantitative estimate of drug-likeness (QED) is 0.939. The van der Waals surface area contributed by atoms with Gasteiger partial charge in [-0.05, 0) is 36.8 Å². The highest BCUT2D eigenvalue weighted by Gasteiger charge is 2.15. The number of nitrogens with two attached hydrogens (primary N) is 1. The minimum absolute atomic E-state index is 0.235. The van der Waals surface area contributed by atoms with Crippen LogP contribution in [0.1, 0.15) is 24.1 Å². The molecule has 1 aliphatic rings. The molecular formula is C16H16FNO3. The van der Waals surface area contributed by atoms with E-state index in [1.807, 2.05) is 18.2 Å². The molecule has 110 valence electrons. The minimum atomic E-state index is -0.432. The molecule has 2 N–H and O–H groups in total. The summed E-state index contributed by atoms with van der Waals surface area (Å²) in [5.74, 6) is 1.53. The average Bonchev–Trinajstić information content (AvgIpc) is 2.92. The highest BCUT2D eigenvalue weighted by Crippen LogP contribution is 2.33. The van der Waals surface area contributed by atoms with Gasteiger partial charge in [0.15, 0.2) is 11.5 Å². The van der Waals surface area contributed by atoms with Crippen molar-refractivity contribution in [2.24, 2.45) is 5.73 Å². The summed E-state index contributed by atoms with van der Waals surface area (Å²) >= 11 is 0. The normalized spacial score (nSPS) is 14.0. The maximum atomic E-state index is 13.8. The first kappa shape index (κ1) is 13.7. The van der Waals surface area contributed by atoms with Gasteiger partial charge < -0.3 is 19.9 Å². The van der Waals surface area contributed by atoms with Crippen LogP contribution in [0.15, 0.2) is 36.4 Å². The lowest BCUT2D eigenvalue weighted by molar-refractivity contribution is 0.174. The molecule has 1 heterocycles. The summed E-state index contributed by atoms with van der Waals surface area (Å²) in [6.07, 6.45) is 0. The Hall–Kier alpha value is -2.27. The minimum Gasteiger partial charge on any atom is -0.488 e. The lowest BCUT2D eigenvalue weighted by Gasteiger charge is -2.15. The first-order valence-electron chi connectivity index (χ1n) is 6.70. The predicted octanol–water partition coefficient (Wildman–Crippen LogP) is 3.15. The summed E-state index contributed by atoms with van der Waals surface area (Å²) in [5, 5.41) is 0. The molecule has 2 aromatic carbocycles. The Bertz CT molecular complexity index is 658. The van der Waals surface area contributed by atoms with Gasteiger partial charge in [-0.2, -0.15) is 0 Å². The maximum absolute atomic E-state index is 13.8. The fraction of sp³-hybridized carbons (Fsp3) is 0.250. The van der Waals surface area contributed by atoms with E-state index < -0.39 is 6.04 Å².